The van der Waals surface area contributed by atoms with Gasteiger partial charge in [0.05, 0.1) is 16.4 Å². The smallest absolute Gasteiger partial charge is 0.167 e. The number of aryl methyl sites for hydroxylation is 1. The third-order valence-corrected chi connectivity index (χ3v) is 2.13. The fraction of sp³-hybridized carbons (Fsp3) is 0.400. The molecule has 0 aliphatic heterocycles. The Labute approximate surface area is 89.3 Å². The van der Waals surface area contributed by atoms with Crippen LogP contribution in [0.25, 0.3) is 0 Å². The fourth-order valence-electron chi connectivity index (χ4n) is 1.03. The monoisotopic (exact) mass is 218 g/mol. The maximum atomic E-state index is 13.2. The Bertz CT molecular complexity index is 313. The molecule has 14 heavy (non-hydrogen) atoms. The van der Waals surface area contributed by atoms with Crippen LogP contribution in [0.4, 0.5) is 15.8 Å². The highest BCUT2D eigenvalue weighted by molar-refractivity contribution is 6.32. The van der Waals surface area contributed by atoms with Gasteiger partial charge < -0.3 is 11.1 Å². The molecule has 0 aliphatic carbocycles. The van der Waals surface area contributed by atoms with Gasteiger partial charge in [-0.3, -0.25) is 0 Å². The zero-order chi connectivity index (χ0) is 11.3. The third kappa shape index (κ3) is 2.51. The average Bonchev–Trinajstić information content (AvgIpc) is 2.18. The summed E-state index contributed by atoms with van der Waals surface area (Å²) in [5.41, 5.74) is 6.81. The van der Waals surface area contributed by atoms with E-state index in [0.717, 1.165) is 0 Å². The van der Waals surface area contributed by atoms with Crippen molar-refractivity contribution in [1.29, 1.82) is 0 Å². The second kappa shape index (κ2) is 5.70. The molecular weight excluding hydrogens is 203 g/mol. The maximum absolute atomic E-state index is 13.2. The molecule has 0 spiro atoms. The van der Waals surface area contributed by atoms with Crippen molar-refractivity contribution in [3.8, 4) is 0 Å². The zero-order valence-corrected chi connectivity index (χ0v) is 9.67. The Kier molecular flexibility index (Phi) is 5.31. The van der Waals surface area contributed by atoms with E-state index in [1.54, 1.807) is 20.0 Å². The van der Waals surface area contributed by atoms with Gasteiger partial charge in [-0.1, -0.05) is 25.4 Å². The van der Waals surface area contributed by atoms with E-state index in [4.69, 9.17) is 17.3 Å². The Morgan fingerprint density at radius 3 is 2.36 bits per heavy atom. The molecule has 1 rings (SSSR count). The van der Waals surface area contributed by atoms with Gasteiger partial charge in [-0.05, 0) is 18.6 Å². The Morgan fingerprint density at radius 2 is 1.93 bits per heavy atom. The first-order valence-electron chi connectivity index (χ1n) is 4.49. The van der Waals surface area contributed by atoms with Gasteiger partial charge in [-0.15, -0.1) is 0 Å². The molecule has 0 saturated carbocycles. The second-order valence-electron chi connectivity index (χ2n) is 2.54. The maximum Gasteiger partial charge on any atom is 0.167 e. The highest BCUT2D eigenvalue weighted by Crippen LogP contribution is 2.30. The number of hydrogen-bond donors (Lipinski definition) is 2. The number of hydrogen-bond acceptors (Lipinski definition) is 2. The van der Waals surface area contributed by atoms with Crippen molar-refractivity contribution in [2.45, 2.75) is 20.8 Å². The molecular formula is C10H16ClFN2. The number of nitrogens with one attached hydrogen (secondary N) is 1. The largest absolute Gasteiger partial charge is 0.397 e. The van der Waals surface area contributed by atoms with Gasteiger partial charge in [0.25, 0.3) is 0 Å². The third-order valence-electron chi connectivity index (χ3n) is 1.67. The summed E-state index contributed by atoms with van der Waals surface area (Å²) in [5, 5.41) is 2.77. The number of halogens is 2. The Balaban J connectivity index is 0.000000791. The van der Waals surface area contributed by atoms with Crippen LogP contribution in [0.3, 0.4) is 0 Å². The summed E-state index contributed by atoms with van der Waals surface area (Å²) >= 11 is 5.66. The van der Waals surface area contributed by atoms with Crippen LogP contribution in [-0.2, 0) is 0 Å². The standard InChI is InChI=1S/C8H10ClFN2.C2H6/c1-4-3-5(11)8(12-2)7(10)6(4)9;1-2/h3,12H,11H2,1-2H3;1-2H3. The molecule has 1 aromatic carbocycles. The topological polar surface area (TPSA) is 38.0 Å². The molecule has 4 heteroatoms. The molecule has 1 aromatic rings. The molecule has 80 valence electrons. The van der Waals surface area contributed by atoms with Crippen molar-refractivity contribution in [3.63, 3.8) is 0 Å². The molecule has 0 fully saturated rings. The van der Waals surface area contributed by atoms with Crippen LogP contribution in [0.2, 0.25) is 5.02 Å². The van der Waals surface area contributed by atoms with E-state index in [1.807, 2.05) is 13.8 Å². The highest BCUT2D eigenvalue weighted by atomic mass is 35.5. The first kappa shape index (κ1) is 13.0. The van der Waals surface area contributed by atoms with Gasteiger partial charge in [0.2, 0.25) is 0 Å². The van der Waals surface area contributed by atoms with Crippen LogP contribution in [0.15, 0.2) is 6.07 Å². The SMILES string of the molecule is CC.CNc1c(N)cc(C)c(Cl)c1F. The minimum Gasteiger partial charge on any atom is -0.397 e. The van der Waals surface area contributed by atoms with Crippen LogP contribution in [-0.4, -0.2) is 7.05 Å². The lowest BCUT2D eigenvalue weighted by Gasteiger charge is -2.09. The lowest BCUT2D eigenvalue weighted by atomic mass is 10.2. The van der Waals surface area contributed by atoms with E-state index >= 15 is 0 Å². The first-order valence-corrected chi connectivity index (χ1v) is 4.87. The van der Waals surface area contributed by atoms with Gasteiger partial charge in [0.15, 0.2) is 5.82 Å². The number of anilines is 2. The van der Waals surface area contributed by atoms with Crippen LogP contribution in [0.1, 0.15) is 19.4 Å². The summed E-state index contributed by atoms with van der Waals surface area (Å²) < 4.78 is 13.2. The predicted octanol–water partition coefficient (Wildman–Crippen LogP) is 3.44. The molecule has 0 heterocycles. The molecule has 0 bridgehead atoms. The van der Waals surface area contributed by atoms with Crippen molar-refractivity contribution >= 4 is 23.0 Å². The van der Waals surface area contributed by atoms with E-state index in [-0.39, 0.29) is 10.7 Å². The van der Waals surface area contributed by atoms with E-state index in [2.05, 4.69) is 5.32 Å². The normalized spacial score (nSPS) is 9.00. The van der Waals surface area contributed by atoms with Crippen molar-refractivity contribution in [2.75, 3.05) is 18.1 Å². The van der Waals surface area contributed by atoms with Crippen molar-refractivity contribution < 1.29 is 4.39 Å². The predicted molar refractivity (Wildman–Crippen MR) is 61.5 cm³/mol. The van der Waals surface area contributed by atoms with E-state index in [9.17, 15) is 4.39 Å². The van der Waals surface area contributed by atoms with E-state index in [0.29, 0.717) is 11.3 Å². The molecule has 0 saturated heterocycles. The van der Waals surface area contributed by atoms with Crippen molar-refractivity contribution in [3.05, 3.63) is 22.5 Å². The van der Waals surface area contributed by atoms with Gasteiger partial charge in [0, 0.05) is 7.05 Å². The minimum absolute atomic E-state index is 0.119. The lowest BCUT2D eigenvalue weighted by Crippen LogP contribution is -2.00. The summed E-state index contributed by atoms with van der Waals surface area (Å²) in [4.78, 5) is 0. The molecule has 0 radical (unpaired) electrons. The van der Waals surface area contributed by atoms with Crippen molar-refractivity contribution in [2.24, 2.45) is 0 Å². The number of nitrogen functional groups attached to an aromatic ring is 1. The fourth-order valence-corrected chi connectivity index (χ4v) is 1.18. The number of rotatable bonds is 1. The van der Waals surface area contributed by atoms with Gasteiger partial charge in [-0.25, -0.2) is 4.39 Å². The summed E-state index contributed by atoms with van der Waals surface area (Å²) in [7, 11) is 1.60. The average molecular weight is 219 g/mol. The summed E-state index contributed by atoms with van der Waals surface area (Å²) in [6.07, 6.45) is 0. The number of benzene rings is 1. The molecule has 2 nitrogen and oxygen atoms in total. The molecule has 0 aliphatic rings. The van der Waals surface area contributed by atoms with Crippen LogP contribution in [0, 0.1) is 12.7 Å². The first-order chi connectivity index (χ1) is 6.57. The molecule has 0 amide bonds. The lowest BCUT2D eigenvalue weighted by molar-refractivity contribution is 0.631. The van der Waals surface area contributed by atoms with Gasteiger partial charge >= 0.3 is 0 Å². The Hall–Kier alpha value is -0.960. The molecule has 0 atom stereocenters. The quantitative estimate of drug-likeness (QED) is 0.709. The second-order valence-corrected chi connectivity index (χ2v) is 2.91. The summed E-state index contributed by atoms with van der Waals surface area (Å²) in [6, 6.07) is 1.64. The van der Waals surface area contributed by atoms with Crippen molar-refractivity contribution in [1.82, 2.24) is 0 Å². The van der Waals surface area contributed by atoms with Crippen LogP contribution < -0.4 is 11.1 Å². The van der Waals surface area contributed by atoms with Gasteiger partial charge in [0.1, 0.15) is 0 Å². The molecule has 0 aromatic heterocycles. The minimum atomic E-state index is -0.489. The summed E-state index contributed by atoms with van der Waals surface area (Å²) in [5.74, 6) is -0.489. The highest BCUT2D eigenvalue weighted by Gasteiger charge is 2.11. The number of nitrogens with two attached hydrogens (primary N) is 1. The molecule has 0 unspecified atom stereocenters. The van der Waals surface area contributed by atoms with E-state index < -0.39 is 5.82 Å². The molecule has 3 N–H and O–H groups in total. The van der Waals surface area contributed by atoms with Crippen LogP contribution >= 0.6 is 11.6 Å². The Morgan fingerprint density at radius 1 is 1.43 bits per heavy atom. The zero-order valence-electron chi connectivity index (χ0n) is 8.91. The van der Waals surface area contributed by atoms with Gasteiger partial charge in [-0.2, -0.15) is 0 Å². The van der Waals surface area contributed by atoms with Crippen LogP contribution in [0.5, 0.6) is 0 Å². The van der Waals surface area contributed by atoms with E-state index in [1.165, 1.54) is 0 Å². The summed E-state index contributed by atoms with van der Waals surface area (Å²) in [6.45, 7) is 5.71.